The highest BCUT2D eigenvalue weighted by molar-refractivity contribution is 4.55. The summed E-state index contributed by atoms with van der Waals surface area (Å²) in [6.07, 6.45) is 2.13. The van der Waals surface area contributed by atoms with Crippen LogP contribution >= 0.6 is 0 Å². The van der Waals surface area contributed by atoms with Gasteiger partial charge in [0.25, 0.3) is 0 Å². The summed E-state index contributed by atoms with van der Waals surface area (Å²) in [5, 5.41) is 8.98. The van der Waals surface area contributed by atoms with E-state index in [1.165, 1.54) is 0 Å². The molecule has 0 saturated carbocycles. The van der Waals surface area contributed by atoms with Crippen LogP contribution in [0.4, 0.5) is 0 Å². The Kier molecular flexibility index (Phi) is 5.51. The van der Waals surface area contributed by atoms with E-state index in [4.69, 9.17) is 9.84 Å². The van der Waals surface area contributed by atoms with Crippen molar-refractivity contribution in [2.75, 3.05) is 0 Å². The second-order valence-corrected chi connectivity index (χ2v) is 3.42. The number of aliphatic hydroxyl groups excluding tert-OH is 1. The lowest BCUT2D eigenvalue weighted by Crippen LogP contribution is -2.16. The van der Waals surface area contributed by atoms with Crippen LogP contribution in [0.2, 0.25) is 0 Å². The lowest BCUT2D eigenvalue weighted by Gasteiger charge is -2.16. The standard InChI is InChI=1S/C9H20O2/c1-7(2)11-9(4)6-5-8(3)10/h7-10H,5-6H2,1-4H3. The highest BCUT2D eigenvalue weighted by Gasteiger charge is 2.05. The van der Waals surface area contributed by atoms with E-state index in [0.29, 0.717) is 6.10 Å². The minimum atomic E-state index is -0.201. The van der Waals surface area contributed by atoms with E-state index in [2.05, 4.69) is 0 Å². The molecule has 2 atom stereocenters. The van der Waals surface area contributed by atoms with Crippen molar-refractivity contribution in [2.24, 2.45) is 0 Å². The van der Waals surface area contributed by atoms with Crippen molar-refractivity contribution < 1.29 is 9.84 Å². The van der Waals surface area contributed by atoms with E-state index in [1.54, 1.807) is 0 Å². The number of hydrogen-bond donors (Lipinski definition) is 1. The molecule has 0 rings (SSSR count). The first kappa shape index (κ1) is 10.9. The molecule has 0 bridgehead atoms. The van der Waals surface area contributed by atoms with Gasteiger partial charge >= 0.3 is 0 Å². The van der Waals surface area contributed by atoms with Crippen LogP contribution < -0.4 is 0 Å². The van der Waals surface area contributed by atoms with Gasteiger partial charge in [-0.2, -0.15) is 0 Å². The van der Waals surface area contributed by atoms with Crippen LogP contribution in [0.15, 0.2) is 0 Å². The second-order valence-electron chi connectivity index (χ2n) is 3.42. The van der Waals surface area contributed by atoms with Crippen molar-refractivity contribution >= 4 is 0 Å². The van der Waals surface area contributed by atoms with Gasteiger partial charge in [-0.1, -0.05) is 0 Å². The Morgan fingerprint density at radius 1 is 1.09 bits per heavy atom. The molecule has 0 aromatic carbocycles. The molecule has 11 heavy (non-hydrogen) atoms. The summed E-state index contributed by atoms with van der Waals surface area (Å²) in [4.78, 5) is 0. The van der Waals surface area contributed by atoms with E-state index in [9.17, 15) is 0 Å². The zero-order valence-electron chi connectivity index (χ0n) is 8.00. The fraction of sp³-hybridized carbons (Fsp3) is 1.00. The van der Waals surface area contributed by atoms with Crippen LogP contribution in [0.5, 0.6) is 0 Å². The van der Waals surface area contributed by atoms with Crippen molar-refractivity contribution in [3.8, 4) is 0 Å². The molecular weight excluding hydrogens is 140 g/mol. The summed E-state index contributed by atoms with van der Waals surface area (Å²) in [7, 11) is 0. The van der Waals surface area contributed by atoms with E-state index in [0.717, 1.165) is 12.8 Å². The highest BCUT2D eigenvalue weighted by atomic mass is 16.5. The molecule has 68 valence electrons. The summed E-state index contributed by atoms with van der Waals surface area (Å²) in [6, 6.07) is 0. The topological polar surface area (TPSA) is 29.5 Å². The van der Waals surface area contributed by atoms with Crippen LogP contribution in [-0.2, 0) is 4.74 Å². The van der Waals surface area contributed by atoms with Crippen LogP contribution in [0.25, 0.3) is 0 Å². The molecule has 0 aromatic rings. The fourth-order valence-corrected chi connectivity index (χ4v) is 1.01. The molecule has 1 N–H and O–H groups in total. The Hall–Kier alpha value is -0.0800. The fourth-order valence-electron chi connectivity index (χ4n) is 1.01. The minimum Gasteiger partial charge on any atom is -0.393 e. The summed E-state index contributed by atoms with van der Waals surface area (Å²) in [5.74, 6) is 0. The van der Waals surface area contributed by atoms with Gasteiger partial charge in [0.15, 0.2) is 0 Å². The Morgan fingerprint density at radius 3 is 2.00 bits per heavy atom. The average Bonchev–Trinajstić information content (AvgIpc) is 1.82. The summed E-state index contributed by atoms with van der Waals surface area (Å²) in [6.45, 7) is 7.90. The van der Waals surface area contributed by atoms with E-state index in [1.807, 2.05) is 27.7 Å². The lowest BCUT2D eigenvalue weighted by molar-refractivity contribution is 0.00713. The Bertz CT molecular complexity index is 89.6. The summed E-state index contributed by atoms with van der Waals surface area (Å²) >= 11 is 0. The van der Waals surface area contributed by atoms with E-state index < -0.39 is 0 Å². The Labute approximate surface area is 69.6 Å². The van der Waals surface area contributed by atoms with Gasteiger partial charge in [-0.15, -0.1) is 0 Å². The zero-order valence-corrected chi connectivity index (χ0v) is 8.00. The van der Waals surface area contributed by atoms with Gasteiger partial charge in [0.05, 0.1) is 18.3 Å². The number of aliphatic hydroxyl groups is 1. The maximum absolute atomic E-state index is 8.98. The highest BCUT2D eigenvalue weighted by Crippen LogP contribution is 2.06. The Morgan fingerprint density at radius 2 is 1.64 bits per heavy atom. The predicted molar refractivity (Wildman–Crippen MR) is 46.6 cm³/mol. The summed E-state index contributed by atoms with van der Waals surface area (Å²) in [5.41, 5.74) is 0. The lowest BCUT2D eigenvalue weighted by atomic mass is 10.1. The SMILES string of the molecule is CC(O)CCC(C)OC(C)C. The van der Waals surface area contributed by atoms with Crippen LogP contribution in [0.1, 0.15) is 40.5 Å². The molecule has 0 aromatic heterocycles. The molecule has 2 unspecified atom stereocenters. The first-order chi connectivity index (χ1) is 5.02. The van der Waals surface area contributed by atoms with Gasteiger partial charge in [-0.3, -0.25) is 0 Å². The third-order valence-corrected chi connectivity index (χ3v) is 1.50. The minimum absolute atomic E-state index is 0.201. The first-order valence-electron chi connectivity index (χ1n) is 4.36. The first-order valence-corrected chi connectivity index (χ1v) is 4.36. The summed E-state index contributed by atoms with van der Waals surface area (Å²) < 4.78 is 5.49. The van der Waals surface area contributed by atoms with Crippen LogP contribution in [-0.4, -0.2) is 23.4 Å². The van der Waals surface area contributed by atoms with Gasteiger partial charge in [0, 0.05) is 0 Å². The maximum Gasteiger partial charge on any atom is 0.0551 e. The third kappa shape index (κ3) is 7.82. The molecule has 0 aliphatic rings. The largest absolute Gasteiger partial charge is 0.393 e. The van der Waals surface area contributed by atoms with Gasteiger partial charge < -0.3 is 9.84 Å². The van der Waals surface area contributed by atoms with Crippen molar-refractivity contribution in [1.29, 1.82) is 0 Å². The number of ether oxygens (including phenoxy) is 1. The monoisotopic (exact) mass is 160 g/mol. The van der Waals surface area contributed by atoms with Gasteiger partial charge in [-0.25, -0.2) is 0 Å². The van der Waals surface area contributed by atoms with Crippen LogP contribution in [0.3, 0.4) is 0 Å². The number of hydrogen-bond acceptors (Lipinski definition) is 2. The molecule has 0 radical (unpaired) electrons. The van der Waals surface area contributed by atoms with Crippen molar-refractivity contribution in [3.05, 3.63) is 0 Å². The van der Waals surface area contributed by atoms with Gasteiger partial charge in [0.2, 0.25) is 0 Å². The number of rotatable bonds is 5. The average molecular weight is 160 g/mol. The molecule has 0 amide bonds. The smallest absolute Gasteiger partial charge is 0.0551 e. The molecule has 0 aliphatic heterocycles. The molecule has 2 heteroatoms. The molecule has 0 heterocycles. The molecular formula is C9H20O2. The second kappa shape index (κ2) is 5.56. The quantitative estimate of drug-likeness (QED) is 0.666. The van der Waals surface area contributed by atoms with Gasteiger partial charge in [-0.05, 0) is 40.5 Å². The van der Waals surface area contributed by atoms with Crippen molar-refractivity contribution in [2.45, 2.75) is 58.8 Å². The normalized spacial score (nSPS) is 16.9. The molecule has 0 saturated heterocycles. The van der Waals surface area contributed by atoms with Crippen LogP contribution in [0, 0.1) is 0 Å². The molecule has 0 fully saturated rings. The van der Waals surface area contributed by atoms with Gasteiger partial charge in [0.1, 0.15) is 0 Å². The predicted octanol–water partition coefficient (Wildman–Crippen LogP) is 1.96. The zero-order chi connectivity index (χ0) is 8.85. The molecule has 2 nitrogen and oxygen atoms in total. The van der Waals surface area contributed by atoms with E-state index in [-0.39, 0.29) is 12.2 Å². The van der Waals surface area contributed by atoms with Crippen molar-refractivity contribution in [1.82, 2.24) is 0 Å². The van der Waals surface area contributed by atoms with E-state index >= 15 is 0 Å². The maximum atomic E-state index is 8.98. The molecule has 0 spiro atoms. The third-order valence-electron chi connectivity index (χ3n) is 1.50. The Balaban J connectivity index is 3.29. The molecule has 0 aliphatic carbocycles. The van der Waals surface area contributed by atoms with Crippen molar-refractivity contribution in [3.63, 3.8) is 0 Å².